The average Bonchev–Trinajstić information content (AvgIpc) is 2.52. The van der Waals surface area contributed by atoms with Gasteiger partial charge in [0.15, 0.2) is 0 Å². The molecule has 128 valence electrons. The van der Waals surface area contributed by atoms with Crippen LogP contribution in [0, 0.1) is 25.6 Å². The van der Waals surface area contributed by atoms with Gasteiger partial charge in [-0.2, -0.15) is 0 Å². The van der Waals surface area contributed by atoms with Gasteiger partial charge in [0.25, 0.3) is 5.91 Å². The fraction of sp³-hybridized carbons (Fsp3) is 0.611. The lowest BCUT2D eigenvalue weighted by atomic mass is 9.99. The Morgan fingerprint density at radius 1 is 1.35 bits per heavy atom. The number of likely N-dealkylation sites (tertiary alicyclic amines) is 1. The van der Waals surface area contributed by atoms with Crippen LogP contribution in [-0.4, -0.2) is 48.2 Å². The maximum Gasteiger partial charge on any atom is 0.251 e. The molecular formula is C18H27FN2O2. The van der Waals surface area contributed by atoms with Crippen molar-refractivity contribution in [3.05, 3.63) is 34.6 Å². The second kappa shape index (κ2) is 7.88. The molecule has 1 aromatic rings. The minimum Gasteiger partial charge on any atom is -0.390 e. The highest BCUT2D eigenvalue weighted by Crippen LogP contribution is 2.16. The normalized spacial score (nSPS) is 18.0. The van der Waals surface area contributed by atoms with Gasteiger partial charge in [-0.25, -0.2) is 4.39 Å². The third-order valence-corrected chi connectivity index (χ3v) is 4.54. The van der Waals surface area contributed by atoms with Gasteiger partial charge in [-0.1, -0.05) is 6.92 Å². The molecule has 1 saturated heterocycles. The largest absolute Gasteiger partial charge is 0.390 e. The number of amides is 1. The first-order chi connectivity index (χ1) is 10.9. The summed E-state index contributed by atoms with van der Waals surface area (Å²) in [6.45, 7) is 8.33. The number of piperidine rings is 1. The third-order valence-electron chi connectivity index (χ3n) is 4.54. The molecule has 1 aliphatic heterocycles. The van der Waals surface area contributed by atoms with Crippen molar-refractivity contribution in [2.75, 3.05) is 26.2 Å². The third kappa shape index (κ3) is 5.01. The van der Waals surface area contributed by atoms with Crippen LogP contribution in [0.15, 0.2) is 12.1 Å². The second-order valence-corrected chi connectivity index (χ2v) is 6.77. The number of nitrogens with one attached hydrogen (secondary N) is 1. The van der Waals surface area contributed by atoms with Crippen molar-refractivity contribution < 1.29 is 14.3 Å². The number of carbonyl (C=O) groups excluding carboxylic acids is 1. The summed E-state index contributed by atoms with van der Waals surface area (Å²) < 4.78 is 13.6. The smallest absolute Gasteiger partial charge is 0.251 e. The van der Waals surface area contributed by atoms with E-state index >= 15 is 0 Å². The van der Waals surface area contributed by atoms with E-state index < -0.39 is 6.10 Å². The first kappa shape index (κ1) is 17.9. The Balaban J connectivity index is 1.82. The molecule has 1 atom stereocenters. The van der Waals surface area contributed by atoms with E-state index in [1.165, 1.54) is 12.1 Å². The molecule has 5 heteroatoms. The van der Waals surface area contributed by atoms with Crippen LogP contribution in [-0.2, 0) is 0 Å². The predicted molar refractivity (Wildman–Crippen MR) is 89.1 cm³/mol. The Morgan fingerprint density at radius 2 is 1.91 bits per heavy atom. The number of halogens is 1. The first-order valence-electron chi connectivity index (χ1n) is 8.32. The molecule has 1 aromatic carbocycles. The lowest BCUT2D eigenvalue weighted by Crippen LogP contribution is -2.43. The van der Waals surface area contributed by atoms with E-state index in [0.717, 1.165) is 31.8 Å². The highest BCUT2D eigenvalue weighted by Gasteiger charge is 2.19. The molecule has 1 aliphatic rings. The molecule has 0 bridgehead atoms. The Bertz CT molecular complexity index is 531. The molecule has 0 aliphatic carbocycles. The maximum atomic E-state index is 13.6. The Labute approximate surface area is 137 Å². The van der Waals surface area contributed by atoms with Crippen molar-refractivity contribution in [1.82, 2.24) is 10.2 Å². The van der Waals surface area contributed by atoms with Gasteiger partial charge in [0.2, 0.25) is 0 Å². The van der Waals surface area contributed by atoms with Crippen molar-refractivity contribution in [1.29, 1.82) is 0 Å². The van der Waals surface area contributed by atoms with E-state index in [0.29, 0.717) is 23.2 Å². The number of rotatable bonds is 5. The van der Waals surface area contributed by atoms with Crippen molar-refractivity contribution in [2.45, 2.75) is 39.7 Å². The fourth-order valence-electron chi connectivity index (χ4n) is 3.00. The molecule has 1 heterocycles. The van der Waals surface area contributed by atoms with Crippen LogP contribution in [0.5, 0.6) is 0 Å². The van der Waals surface area contributed by atoms with Gasteiger partial charge in [0.1, 0.15) is 5.82 Å². The lowest BCUT2D eigenvalue weighted by molar-refractivity contribution is 0.0795. The molecule has 0 saturated carbocycles. The monoisotopic (exact) mass is 322 g/mol. The van der Waals surface area contributed by atoms with Crippen LogP contribution in [0.2, 0.25) is 0 Å². The number of β-amino-alcohol motifs (C(OH)–C–C–N with tert-alkyl or cyclic N) is 1. The standard InChI is InChI=1S/C18H27FN2O2/c1-12-4-6-21(7-5-12)11-16(22)10-20-18(23)15-8-13(2)17(19)14(3)9-15/h8-9,12,16,22H,4-7,10-11H2,1-3H3,(H,20,23). The summed E-state index contributed by atoms with van der Waals surface area (Å²) in [7, 11) is 0. The first-order valence-corrected chi connectivity index (χ1v) is 8.32. The molecular weight excluding hydrogens is 295 g/mol. The van der Waals surface area contributed by atoms with Crippen LogP contribution < -0.4 is 5.32 Å². The van der Waals surface area contributed by atoms with Crippen LogP contribution in [0.4, 0.5) is 4.39 Å². The average molecular weight is 322 g/mol. The van der Waals surface area contributed by atoms with Crippen LogP contribution >= 0.6 is 0 Å². The van der Waals surface area contributed by atoms with Crippen molar-refractivity contribution in [3.8, 4) is 0 Å². The molecule has 2 N–H and O–H groups in total. The van der Waals surface area contributed by atoms with E-state index in [2.05, 4.69) is 17.1 Å². The lowest BCUT2D eigenvalue weighted by Gasteiger charge is -2.31. The number of aliphatic hydroxyl groups excluding tert-OH is 1. The summed E-state index contributed by atoms with van der Waals surface area (Å²) in [4.78, 5) is 14.4. The molecule has 1 amide bonds. The second-order valence-electron chi connectivity index (χ2n) is 6.77. The van der Waals surface area contributed by atoms with Gasteiger partial charge >= 0.3 is 0 Å². The highest BCUT2D eigenvalue weighted by atomic mass is 19.1. The van der Waals surface area contributed by atoms with Gasteiger partial charge < -0.3 is 15.3 Å². The molecule has 0 aromatic heterocycles. The Morgan fingerprint density at radius 3 is 2.48 bits per heavy atom. The van der Waals surface area contributed by atoms with E-state index in [4.69, 9.17) is 0 Å². The molecule has 1 unspecified atom stereocenters. The highest BCUT2D eigenvalue weighted by molar-refractivity contribution is 5.94. The summed E-state index contributed by atoms with van der Waals surface area (Å²) in [5.74, 6) is 0.205. The van der Waals surface area contributed by atoms with E-state index in [1.54, 1.807) is 13.8 Å². The molecule has 4 nitrogen and oxygen atoms in total. The predicted octanol–water partition coefficient (Wildman–Crippen LogP) is 2.27. The number of hydrogen-bond acceptors (Lipinski definition) is 3. The van der Waals surface area contributed by atoms with Gasteiger partial charge in [-0.3, -0.25) is 4.79 Å². The summed E-state index contributed by atoms with van der Waals surface area (Å²) >= 11 is 0. The number of aliphatic hydroxyl groups is 1. The zero-order chi connectivity index (χ0) is 17.0. The number of nitrogens with zero attached hydrogens (tertiary/aromatic N) is 1. The van der Waals surface area contributed by atoms with Gasteiger partial charge in [0, 0.05) is 18.7 Å². The number of benzene rings is 1. The van der Waals surface area contributed by atoms with Gasteiger partial charge in [-0.05, 0) is 69.0 Å². The minimum atomic E-state index is -0.588. The molecule has 2 rings (SSSR count). The van der Waals surface area contributed by atoms with Crippen LogP contribution in [0.25, 0.3) is 0 Å². The number of carbonyl (C=O) groups is 1. The van der Waals surface area contributed by atoms with E-state index in [-0.39, 0.29) is 18.3 Å². The summed E-state index contributed by atoms with van der Waals surface area (Å²) in [6, 6.07) is 3.08. The summed E-state index contributed by atoms with van der Waals surface area (Å²) in [5, 5.41) is 12.8. The quantitative estimate of drug-likeness (QED) is 0.874. The number of hydrogen-bond donors (Lipinski definition) is 2. The Hall–Kier alpha value is -1.46. The SMILES string of the molecule is Cc1cc(C(=O)NCC(O)CN2CCC(C)CC2)cc(C)c1F. The maximum absolute atomic E-state index is 13.6. The van der Waals surface area contributed by atoms with Crippen molar-refractivity contribution in [3.63, 3.8) is 0 Å². The van der Waals surface area contributed by atoms with Crippen molar-refractivity contribution in [2.24, 2.45) is 5.92 Å². The zero-order valence-corrected chi connectivity index (χ0v) is 14.2. The van der Waals surface area contributed by atoms with Crippen LogP contribution in [0.1, 0.15) is 41.3 Å². The fourth-order valence-corrected chi connectivity index (χ4v) is 3.00. The summed E-state index contributed by atoms with van der Waals surface area (Å²) in [5.41, 5.74) is 1.34. The van der Waals surface area contributed by atoms with Crippen LogP contribution in [0.3, 0.4) is 0 Å². The van der Waals surface area contributed by atoms with Crippen molar-refractivity contribution >= 4 is 5.91 Å². The topological polar surface area (TPSA) is 52.6 Å². The van der Waals surface area contributed by atoms with E-state index in [1.807, 2.05) is 0 Å². The zero-order valence-electron chi connectivity index (χ0n) is 14.2. The van der Waals surface area contributed by atoms with Gasteiger partial charge in [-0.15, -0.1) is 0 Å². The molecule has 0 spiro atoms. The number of aryl methyl sites for hydroxylation is 2. The van der Waals surface area contributed by atoms with E-state index in [9.17, 15) is 14.3 Å². The molecule has 0 radical (unpaired) electrons. The molecule has 23 heavy (non-hydrogen) atoms. The molecule has 1 fully saturated rings. The van der Waals surface area contributed by atoms with Gasteiger partial charge in [0.05, 0.1) is 6.10 Å². The Kier molecular flexibility index (Phi) is 6.13. The minimum absolute atomic E-state index is 0.209. The summed E-state index contributed by atoms with van der Waals surface area (Å²) in [6.07, 6.45) is 1.73.